The second kappa shape index (κ2) is 16.1. The number of unbranched alkanes of at least 4 members (excludes halogenated alkanes) is 5. The molecule has 0 atom stereocenters. The van der Waals surface area contributed by atoms with Crippen molar-refractivity contribution in [1.82, 2.24) is 10.6 Å². The van der Waals surface area contributed by atoms with E-state index in [1.54, 1.807) is 38.5 Å². The van der Waals surface area contributed by atoms with Gasteiger partial charge in [-0.3, -0.25) is 9.59 Å². The SMILES string of the molecule is COc1ccc(/C=C/C(=O)NCCCCCCCCNC(=O)/C=C/c2ccc(OC)cc2)cc1. The summed E-state index contributed by atoms with van der Waals surface area (Å²) in [5.74, 6) is 1.44. The summed E-state index contributed by atoms with van der Waals surface area (Å²) in [5, 5.41) is 5.84. The highest BCUT2D eigenvalue weighted by molar-refractivity contribution is 5.92. The zero-order chi connectivity index (χ0) is 24.4. The fraction of sp³-hybridized carbons (Fsp3) is 0.357. The zero-order valence-electron chi connectivity index (χ0n) is 20.2. The maximum atomic E-state index is 11.9. The van der Waals surface area contributed by atoms with Crippen molar-refractivity contribution in [1.29, 1.82) is 0 Å². The second-order valence-corrected chi connectivity index (χ2v) is 7.92. The highest BCUT2D eigenvalue weighted by atomic mass is 16.5. The maximum absolute atomic E-state index is 11.9. The van der Waals surface area contributed by atoms with Crippen LogP contribution in [0, 0.1) is 0 Å². The van der Waals surface area contributed by atoms with Gasteiger partial charge in [0.2, 0.25) is 11.8 Å². The first-order chi connectivity index (χ1) is 16.6. The van der Waals surface area contributed by atoms with Crippen LogP contribution in [-0.2, 0) is 9.59 Å². The Labute approximate surface area is 203 Å². The highest BCUT2D eigenvalue weighted by Gasteiger charge is 1.98. The number of methoxy groups -OCH3 is 2. The molecule has 0 radical (unpaired) electrons. The van der Waals surface area contributed by atoms with E-state index < -0.39 is 0 Å². The van der Waals surface area contributed by atoms with E-state index in [4.69, 9.17) is 9.47 Å². The Kier molecular flexibility index (Phi) is 12.7. The number of nitrogens with one attached hydrogen (secondary N) is 2. The van der Waals surface area contributed by atoms with Crippen LogP contribution in [0.15, 0.2) is 60.7 Å². The first-order valence-corrected chi connectivity index (χ1v) is 11.8. The van der Waals surface area contributed by atoms with Gasteiger partial charge in [-0.05, 0) is 60.4 Å². The Morgan fingerprint density at radius 1 is 0.618 bits per heavy atom. The van der Waals surface area contributed by atoms with Crippen molar-refractivity contribution >= 4 is 24.0 Å². The van der Waals surface area contributed by atoms with E-state index in [0.29, 0.717) is 13.1 Å². The second-order valence-electron chi connectivity index (χ2n) is 7.92. The average Bonchev–Trinajstić information content (AvgIpc) is 2.87. The lowest BCUT2D eigenvalue weighted by molar-refractivity contribution is -0.117. The van der Waals surface area contributed by atoms with Gasteiger partial charge in [0.05, 0.1) is 14.2 Å². The van der Waals surface area contributed by atoms with Crippen LogP contribution in [0.4, 0.5) is 0 Å². The number of hydrogen-bond acceptors (Lipinski definition) is 4. The van der Waals surface area contributed by atoms with Gasteiger partial charge in [-0.25, -0.2) is 0 Å². The molecule has 0 heterocycles. The number of ether oxygens (including phenoxy) is 2. The first kappa shape index (κ1) is 26.7. The van der Waals surface area contributed by atoms with Crippen LogP contribution < -0.4 is 20.1 Å². The molecule has 182 valence electrons. The fourth-order valence-corrected chi connectivity index (χ4v) is 3.27. The van der Waals surface area contributed by atoms with Crippen LogP contribution in [0.25, 0.3) is 12.2 Å². The Balaban J connectivity index is 1.44. The van der Waals surface area contributed by atoms with E-state index in [1.165, 1.54) is 0 Å². The molecule has 0 aliphatic heterocycles. The molecular formula is C28H36N2O4. The van der Waals surface area contributed by atoms with E-state index in [9.17, 15) is 9.59 Å². The summed E-state index contributed by atoms with van der Waals surface area (Å²) in [6.07, 6.45) is 13.1. The van der Waals surface area contributed by atoms with Crippen molar-refractivity contribution in [2.45, 2.75) is 38.5 Å². The molecule has 2 aromatic carbocycles. The summed E-state index contributed by atoms with van der Waals surface area (Å²) in [6.45, 7) is 1.37. The molecule has 0 unspecified atom stereocenters. The third kappa shape index (κ3) is 11.4. The molecule has 2 amide bonds. The Hall–Kier alpha value is -3.54. The molecule has 0 aliphatic rings. The molecule has 0 bridgehead atoms. The quantitative estimate of drug-likeness (QED) is 0.287. The normalized spacial score (nSPS) is 11.0. The van der Waals surface area contributed by atoms with Gasteiger partial charge in [0.15, 0.2) is 0 Å². The summed E-state index contributed by atoms with van der Waals surface area (Å²) in [6, 6.07) is 15.1. The van der Waals surface area contributed by atoms with Crippen molar-refractivity contribution in [3.8, 4) is 11.5 Å². The minimum Gasteiger partial charge on any atom is -0.497 e. The van der Waals surface area contributed by atoms with E-state index >= 15 is 0 Å². The van der Waals surface area contributed by atoms with Crippen LogP contribution >= 0.6 is 0 Å². The minimum absolute atomic E-state index is 0.0763. The van der Waals surface area contributed by atoms with Gasteiger partial charge < -0.3 is 20.1 Å². The summed E-state index contributed by atoms with van der Waals surface area (Å²) in [4.78, 5) is 23.8. The number of rotatable bonds is 15. The summed E-state index contributed by atoms with van der Waals surface area (Å²) in [5.41, 5.74) is 1.92. The Morgan fingerprint density at radius 2 is 0.971 bits per heavy atom. The smallest absolute Gasteiger partial charge is 0.243 e. The van der Waals surface area contributed by atoms with Crippen molar-refractivity contribution < 1.29 is 19.1 Å². The van der Waals surface area contributed by atoms with Gasteiger partial charge in [-0.15, -0.1) is 0 Å². The zero-order valence-corrected chi connectivity index (χ0v) is 20.2. The molecule has 0 saturated carbocycles. The summed E-state index contributed by atoms with van der Waals surface area (Å²) < 4.78 is 10.2. The largest absolute Gasteiger partial charge is 0.497 e. The first-order valence-electron chi connectivity index (χ1n) is 11.8. The maximum Gasteiger partial charge on any atom is 0.243 e. The molecule has 34 heavy (non-hydrogen) atoms. The molecule has 2 N–H and O–H groups in total. The van der Waals surface area contributed by atoms with Crippen LogP contribution in [0.1, 0.15) is 49.7 Å². The van der Waals surface area contributed by atoms with E-state index in [-0.39, 0.29) is 11.8 Å². The minimum atomic E-state index is -0.0763. The fourth-order valence-electron chi connectivity index (χ4n) is 3.27. The highest BCUT2D eigenvalue weighted by Crippen LogP contribution is 2.13. The topological polar surface area (TPSA) is 76.7 Å². The van der Waals surface area contributed by atoms with Gasteiger partial charge in [0, 0.05) is 25.2 Å². The van der Waals surface area contributed by atoms with Crippen LogP contribution in [0.5, 0.6) is 11.5 Å². The van der Waals surface area contributed by atoms with Gasteiger partial charge in [0.25, 0.3) is 0 Å². The number of carbonyl (C=O) groups is 2. The molecular weight excluding hydrogens is 428 g/mol. The number of amides is 2. The predicted octanol–water partition coefficient (Wildman–Crippen LogP) is 5.00. The number of benzene rings is 2. The molecule has 2 rings (SSSR count). The van der Waals surface area contributed by atoms with E-state index in [0.717, 1.165) is 61.2 Å². The Morgan fingerprint density at radius 3 is 1.32 bits per heavy atom. The molecule has 0 saturated heterocycles. The molecule has 0 fully saturated rings. The van der Waals surface area contributed by atoms with Crippen molar-refractivity contribution in [3.05, 3.63) is 71.8 Å². The van der Waals surface area contributed by atoms with Gasteiger partial charge >= 0.3 is 0 Å². The summed E-state index contributed by atoms with van der Waals surface area (Å²) >= 11 is 0. The number of carbonyl (C=O) groups excluding carboxylic acids is 2. The van der Waals surface area contributed by atoms with Crippen LogP contribution in [0.2, 0.25) is 0 Å². The Bertz CT molecular complexity index is 841. The molecule has 2 aromatic rings. The standard InChI is InChI=1S/C28H36N2O4/c1-33-25-15-9-23(10-16-25)13-19-27(31)29-21-7-5-3-4-6-8-22-30-28(32)20-14-24-11-17-26(34-2)18-12-24/h9-20H,3-8,21-22H2,1-2H3,(H,29,31)(H,30,32)/b19-13+,20-14+. The third-order valence-electron chi connectivity index (χ3n) is 5.29. The van der Waals surface area contributed by atoms with Gasteiger partial charge in [-0.1, -0.05) is 49.9 Å². The lowest BCUT2D eigenvalue weighted by Crippen LogP contribution is -2.22. The molecule has 0 spiro atoms. The monoisotopic (exact) mass is 464 g/mol. The lowest BCUT2D eigenvalue weighted by Gasteiger charge is -2.04. The molecule has 0 aliphatic carbocycles. The van der Waals surface area contributed by atoms with Crippen LogP contribution in [0.3, 0.4) is 0 Å². The van der Waals surface area contributed by atoms with Crippen LogP contribution in [-0.4, -0.2) is 39.1 Å². The third-order valence-corrected chi connectivity index (χ3v) is 5.29. The van der Waals surface area contributed by atoms with E-state index in [2.05, 4.69) is 10.6 Å². The van der Waals surface area contributed by atoms with Gasteiger partial charge in [-0.2, -0.15) is 0 Å². The predicted molar refractivity (Wildman–Crippen MR) is 138 cm³/mol. The molecule has 6 nitrogen and oxygen atoms in total. The average molecular weight is 465 g/mol. The van der Waals surface area contributed by atoms with Crippen molar-refractivity contribution in [2.24, 2.45) is 0 Å². The van der Waals surface area contributed by atoms with Gasteiger partial charge in [0.1, 0.15) is 11.5 Å². The van der Waals surface area contributed by atoms with Crippen molar-refractivity contribution in [2.75, 3.05) is 27.3 Å². The lowest BCUT2D eigenvalue weighted by atomic mass is 10.1. The molecule has 0 aromatic heterocycles. The summed E-state index contributed by atoms with van der Waals surface area (Å²) in [7, 11) is 3.26. The molecule has 6 heteroatoms. The van der Waals surface area contributed by atoms with Crippen molar-refractivity contribution in [3.63, 3.8) is 0 Å². The number of hydrogen-bond donors (Lipinski definition) is 2. The van der Waals surface area contributed by atoms with E-state index in [1.807, 2.05) is 48.5 Å².